The van der Waals surface area contributed by atoms with Crippen molar-refractivity contribution < 1.29 is 14.6 Å². The number of unbranched alkanes of at least 4 members (excludes halogenated alkanes) is 2. The summed E-state index contributed by atoms with van der Waals surface area (Å²) in [7, 11) is 1.68. The molecule has 4 nitrogen and oxygen atoms in total. The molecule has 0 radical (unpaired) electrons. The first kappa shape index (κ1) is 14.4. The highest BCUT2D eigenvalue weighted by atomic mass is 16.5. The number of hydrogen-bond acceptors (Lipinski definition) is 2. The lowest BCUT2D eigenvalue weighted by molar-refractivity contribution is 0.194. The van der Waals surface area contributed by atoms with Crippen LogP contribution in [0.2, 0.25) is 0 Å². The van der Waals surface area contributed by atoms with Crippen LogP contribution in [0.3, 0.4) is 0 Å². The molecule has 0 fully saturated rings. The van der Waals surface area contributed by atoms with Crippen molar-refractivity contribution >= 4 is 6.09 Å². The fraction of sp³-hybridized carbons (Fsp3) is 0.500. The summed E-state index contributed by atoms with van der Waals surface area (Å²) in [5.74, 6) is 0.931. The summed E-state index contributed by atoms with van der Waals surface area (Å²) in [5, 5.41) is 10.8. The summed E-state index contributed by atoms with van der Waals surface area (Å²) in [6.45, 7) is 2.60. The van der Waals surface area contributed by atoms with Gasteiger partial charge in [-0.25, -0.2) is 4.79 Å². The molecular formula is C14H21NO3. The van der Waals surface area contributed by atoms with Crippen LogP contribution >= 0.6 is 0 Å². The second-order valence-corrected chi connectivity index (χ2v) is 4.29. The average Bonchev–Trinajstić information content (AvgIpc) is 2.35. The lowest BCUT2D eigenvalue weighted by atomic mass is 10.0. The van der Waals surface area contributed by atoms with E-state index in [9.17, 15) is 4.79 Å². The van der Waals surface area contributed by atoms with E-state index >= 15 is 0 Å². The Morgan fingerprint density at radius 1 is 1.33 bits per heavy atom. The third-order valence-corrected chi connectivity index (χ3v) is 3.02. The molecule has 0 aliphatic heterocycles. The summed E-state index contributed by atoms with van der Waals surface area (Å²) in [5.41, 5.74) is 2.50. The predicted octanol–water partition coefficient (Wildman–Crippen LogP) is 2.98. The normalized spacial score (nSPS) is 10.1. The minimum absolute atomic E-state index is 0.534. The van der Waals surface area contributed by atoms with Gasteiger partial charge in [-0.3, -0.25) is 0 Å². The molecule has 1 aromatic rings. The Balaban J connectivity index is 2.29. The molecule has 1 amide bonds. The number of benzene rings is 1. The van der Waals surface area contributed by atoms with Gasteiger partial charge in [0.15, 0.2) is 0 Å². The molecule has 2 N–H and O–H groups in total. The van der Waals surface area contributed by atoms with Crippen LogP contribution in [0.4, 0.5) is 4.79 Å². The Labute approximate surface area is 108 Å². The zero-order valence-corrected chi connectivity index (χ0v) is 11.0. The summed E-state index contributed by atoms with van der Waals surface area (Å²) >= 11 is 0. The standard InChI is InChI=1S/C14H21NO3/c1-11-12(8-6-9-13(11)18-2)7-4-3-5-10-15-14(16)17/h6,8-9,15H,3-5,7,10H2,1-2H3,(H,16,17). The van der Waals surface area contributed by atoms with Crippen LogP contribution in [-0.4, -0.2) is 24.9 Å². The maximum absolute atomic E-state index is 10.2. The Morgan fingerprint density at radius 2 is 2.11 bits per heavy atom. The van der Waals surface area contributed by atoms with Crippen molar-refractivity contribution in [1.29, 1.82) is 0 Å². The molecule has 0 saturated heterocycles. The van der Waals surface area contributed by atoms with Crippen LogP contribution in [0.15, 0.2) is 18.2 Å². The lowest BCUT2D eigenvalue weighted by Crippen LogP contribution is -2.21. The Kier molecular flexibility index (Phi) is 6.05. The van der Waals surface area contributed by atoms with Gasteiger partial charge in [-0.2, -0.15) is 0 Å². The van der Waals surface area contributed by atoms with E-state index in [0.29, 0.717) is 6.54 Å². The molecule has 0 aromatic heterocycles. The minimum Gasteiger partial charge on any atom is -0.496 e. The first-order valence-corrected chi connectivity index (χ1v) is 6.24. The van der Waals surface area contributed by atoms with Crippen molar-refractivity contribution in [3.63, 3.8) is 0 Å². The van der Waals surface area contributed by atoms with Crippen LogP contribution in [0, 0.1) is 6.92 Å². The van der Waals surface area contributed by atoms with Gasteiger partial charge in [0.2, 0.25) is 0 Å². The number of carbonyl (C=O) groups is 1. The van der Waals surface area contributed by atoms with E-state index in [1.807, 2.05) is 12.1 Å². The van der Waals surface area contributed by atoms with Gasteiger partial charge in [-0.15, -0.1) is 0 Å². The van der Waals surface area contributed by atoms with Gasteiger partial charge in [0.1, 0.15) is 5.75 Å². The molecule has 0 unspecified atom stereocenters. The molecule has 0 bridgehead atoms. The Morgan fingerprint density at radius 3 is 2.78 bits per heavy atom. The highest BCUT2D eigenvalue weighted by Crippen LogP contribution is 2.22. The fourth-order valence-electron chi connectivity index (χ4n) is 1.96. The van der Waals surface area contributed by atoms with Gasteiger partial charge in [0.25, 0.3) is 0 Å². The molecule has 0 aliphatic rings. The van der Waals surface area contributed by atoms with Crippen molar-refractivity contribution in [1.82, 2.24) is 5.32 Å². The van der Waals surface area contributed by atoms with E-state index in [4.69, 9.17) is 9.84 Å². The Hall–Kier alpha value is -1.71. The van der Waals surface area contributed by atoms with Crippen LogP contribution in [0.5, 0.6) is 5.75 Å². The largest absolute Gasteiger partial charge is 0.496 e. The maximum atomic E-state index is 10.2. The average molecular weight is 251 g/mol. The third-order valence-electron chi connectivity index (χ3n) is 3.02. The van der Waals surface area contributed by atoms with Crippen molar-refractivity contribution in [2.24, 2.45) is 0 Å². The predicted molar refractivity (Wildman–Crippen MR) is 71.3 cm³/mol. The molecule has 0 atom stereocenters. The fourth-order valence-corrected chi connectivity index (χ4v) is 1.96. The minimum atomic E-state index is -0.946. The van der Waals surface area contributed by atoms with E-state index in [1.54, 1.807) is 7.11 Å². The second-order valence-electron chi connectivity index (χ2n) is 4.29. The van der Waals surface area contributed by atoms with Crippen molar-refractivity contribution in [2.75, 3.05) is 13.7 Å². The van der Waals surface area contributed by atoms with Crippen LogP contribution in [0.1, 0.15) is 30.4 Å². The third kappa shape index (κ3) is 4.65. The maximum Gasteiger partial charge on any atom is 0.404 e. The van der Waals surface area contributed by atoms with E-state index < -0.39 is 6.09 Å². The number of methoxy groups -OCH3 is 1. The molecule has 0 heterocycles. The van der Waals surface area contributed by atoms with Crippen molar-refractivity contribution in [2.45, 2.75) is 32.6 Å². The van der Waals surface area contributed by atoms with Gasteiger partial charge in [0.05, 0.1) is 7.11 Å². The number of rotatable bonds is 7. The Bertz CT molecular complexity index is 391. The number of amides is 1. The molecule has 1 rings (SSSR count). The molecular weight excluding hydrogens is 230 g/mol. The highest BCUT2D eigenvalue weighted by molar-refractivity contribution is 5.64. The smallest absolute Gasteiger partial charge is 0.404 e. The van der Waals surface area contributed by atoms with Gasteiger partial charge in [0, 0.05) is 6.54 Å². The topological polar surface area (TPSA) is 58.6 Å². The molecule has 18 heavy (non-hydrogen) atoms. The number of ether oxygens (including phenoxy) is 1. The van der Waals surface area contributed by atoms with Crippen LogP contribution in [-0.2, 0) is 6.42 Å². The zero-order valence-electron chi connectivity index (χ0n) is 11.0. The summed E-state index contributed by atoms with van der Waals surface area (Å²) < 4.78 is 5.28. The SMILES string of the molecule is COc1cccc(CCCCCNC(=O)O)c1C. The summed E-state index contributed by atoms with van der Waals surface area (Å²) in [6, 6.07) is 6.09. The van der Waals surface area contributed by atoms with Gasteiger partial charge < -0.3 is 15.2 Å². The first-order chi connectivity index (χ1) is 8.65. The van der Waals surface area contributed by atoms with Gasteiger partial charge in [-0.05, 0) is 43.4 Å². The molecule has 0 aliphatic carbocycles. The first-order valence-electron chi connectivity index (χ1n) is 6.24. The highest BCUT2D eigenvalue weighted by Gasteiger charge is 2.03. The molecule has 100 valence electrons. The molecule has 4 heteroatoms. The monoisotopic (exact) mass is 251 g/mol. The molecule has 1 aromatic carbocycles. The van der Waals surface area contributed by atoms with E-state index in [0.717, 1.165) is 31.4 Å². The number of carboxylic acid groups (broad SMARTS) is 1. The van der Waals surface area contributed by atoms with Crippen molar-refractivity contribution in [3.05, 3.63) is 29.3 Å². The number of hydrogen-bond donors (Lipinski definition) is 2. The van der Waals surface area contributed by atoms with E-state index in [2.05, 4.69) is 18.3 Å². The van der Waals surface area contributed by atoms with Crippen LogP contribution < -0.4 is 10.1 Å². The van der Waals surface area contributed by atoms with Crippen molar-refractivity contribution in [3.8, 4) is 5.75 Å². The van der Waals surface area contributed by atoms with E-state index in [-0.39, 0.29) is 0 Å². The van der Waals surface area contributed by atoms with Gasteiger partial charge >= 0.3 is 6.09 Å². The summed E-state index contributed by atoms with van der Waals surface area (Å²) in [4.78, 5) is 10.2. The quantitative estimate of drug-likeness (QED) is 0.732. The molecule has 0 spiro atoms. The van der Waals surface area contributed by atoms with E-state index in [1.165, 1.54) is 11.1 Å². The van der Waals surface area contributed by atoms with Crippen LogP contribution in [0.25, 0.3) is 0 Å². The molecule has 0 saturated carbocycles. The summed E-state index contributed by atoms with van der Waals surface area (Å²) in [6.07, 6.45) is 3.04. The number of nitrogens with one attached hydrogen (secondary N) is 1. The second kappa shape index (κ2) is 7.58. The lowest BCUT2D eigenvalue weighted by Gasteiger charge is -2.10. The van der Waals surface area contributed by atoms with Gasteiger partial charge in [-0.1, -0.05) is 18.6 Å². The number of aryl methyl sites for hydroxylation is 1. The zero-order chi connectivity index (χ0) is 13.4.